The van der Waals surface area contributed by atoms with Crippen molar-refractivity contribution < 1.29 is 38.2 Å². The second kappa shape index (κ2) is 26.2. The number of nitrogens with two attached hydrogens (primary N) is 2. The van der Waals surface area contributed by atoms with Crippen LogP contribution in [-0.4, -0.2) is 108 Å². The first-order valence-electron chi connectivity index (χ1n) is 23.4. The molecule has 0 spiro atoms. The van der Waals surface area contributed by atoms with Crippen LogP contribution in [0.3, 0.4) is 0 Å². The molecule has 2 heterocycles. The van der Waals surface area contributed by atoms with Gasteiger partial charge in [-0.15, -0.1) is 11.3 Å². The number of ketones is 2. The van der Waals surface area contributed by atoms with Gasteiger partial charge in [-0.05, 0) is 102 Å². The number of ether oxygens (including phenoxy) is 2. The van der Waals surface area contributed by atoms with Gasteiger partial charge in [0.05, 0.1) is 24.6 Å². The minimum absolute atomic E-state index is 0.0317. The molecule has 1 aromatic heterocycles. The van der Waals surface area contributed by atoms with Crippen molar-refractivity contribution in [3.8, 4) is 0 Å². The van der Waals surface area contributed by atoms with Gasteiger partial charge in [0.15, 0.2) is 17.7 Å². The number of piperidine rings is 1. The Kier molecular flexibility index (Phi) is 22.2. The van der Waals surface area contributed by atoms with Crippen LogP contribution in [0.2, 0.25) is 0 Å². The average Bonchev–Trinajstić information content (AvgIpc) is 3.76. The summed E-state index contributed by atoms with van der Waals surface area (Å²) in [6, 6.07) is 6.17. The number of nitrogens with one attached hydrogen (secondary N) is 1. The summed E-state index contributed by atoms with van der Waals surface area (Å²) < 4.78 is 10.9. The maximum atomic E-state index is 14.7. The third kappa shape index (κ3) is 15.5. The number of benzene rings is 1. The van der Waals surface area contributed by atoms with Crippen LogP contribution in [0, 0.1) is 23.7 Å². The van der Waals surface area contributed by atoms with Gasteiger partial charge in [-0.1, -0.05) is 71.7 Å². The van der Waals surface area contributed by atoms with E-state index in [1.165, 1.54) is 25.4 Å². The number of likely N-dealkylation sites (N-methyl/N-ethyl adjacent to an activating group) is 1. The predicted octanol–water partition coefficient (Wildman–Crippen LogP) is 6.61. The first kappa shape index (κ1) is 54.3. The highest BCUT2D eigenvalue weighted by Gasteiger charge is 2.43. The molecule has 15 heteroatoms. The molecule has 1 saturated heterocycles. The lowest BCUT2D eigenvalue weighted by atomic mass is 9.77. The lowest BCUT2D eigenvalue weighted by Gasteiger charge is -2.43. The SMILES string of the molecule is CC[C@H](C)[C@H](CC(=O)[C@@]1(C)CCCCN1C)C(=O)N(CC)[C@H](C[C@@H](OC(C)=O)c1nc(C(=O)N[C@@H](Cc2ccc(CC(=O)[C@@H](N)CCCCN)cc2)C[C@H](C)C(=O)OC)cs1)C(C)C. The van der Waals surface area contributed by atoms with Crippen molar-refractivity contribution in [1.29, 1.82) is 0 Å². The van der Waals surface area contributed by atoms with Gasteiger partial charge < -0.3 is 31.2 Å². The van der Waals surface area contributed by atoms with Gasteiger partial charge in [-0.2, -0.15) is 0 Å². The summed E-state index contributed by atoms with van der Waals surface area (Å²) in [5, 5.41) is 5.11. The average molecular weight is 911 g/mol. The number of carbonyl (C=O) groups excluding carboxylic acids is 6. The Balaban J connectivity index is 1.84. The molecule has 0 bridgehead atoms. The number of esters is 2. The molecule has 0 unspecified atom stereocenters. The van der Waals surface area contributed by atoms with Gasteiger partial charge in [0.25, 0.3) is 5.91 Å². The van der Waals surface area contributed by atoms with E-state index in [-0.39, 0.29) is 60.3 Å². The Morgan fingerprint density at radius 1 is 1.00 bits per heavy atom. The van der Waals surface area contributed by atoms with Crippen LogP contribution in [0.4, 0.5) is 0 Å². The number of aromatic nitrogens is 1. The van der Waals surface area contributed by atoms with E-state index in [2.05, 4.69) is 10.2 Å². The maximum Gasteiger partial charge on any atom is 0.308 e. The molecule has 3 rings (SSSR count). The molecule has 358 valence electrons. The third-order valence-corrected chi connectivity index (χ3v) is 14.3. The number of carbonyl (C=O) groups is 6. The number of rotatable bonds is 27. The van der Waals surface area contributed by atoms with Crippen molar-refractivity contribution in [1.82, 2.24) is 20.1 Å². The van der Waals surface area contributed by atoms with Crippen LogP contribution in [0.1, 0.15) is 152 Å². The number of nitrogens with zero attached hydrogens (tertiary/aromatic N) is 3. The van der Waals surface area contributed by atoms with E-state index in [1.54, 1.807) is 12.3 Å². The highest BCUT2D eigenvalue weighted by atomic mass is 32.1. The van der Waals surface area contributed by atoms with Crippen LogP contribution < -0.4 is 16.8 Å². The highest BCUT2D eigenvalue weighted by molar-refractivity contribution is 7.09. The smallest absolute Gasteiger partial charge is 0.308 e. The van der Waals surface area contributed by atoms with Gasteiger partial charge in [0, 0.05) is 56.1 Å². The summed E-state index contributed by atoms with van der Waals surface area (Å²) in [5.74, 6) is -2.50. The Bertz CT molecular complexity index is 1840. The summed E-state index contributed by atoms with van der Waals surface area (Å²) in [5.41, 5.74) is 12.9. The molecule has 8 atom stereocenters. The number of methoxy groups -OCH3 is 1. The van der Waals surface area contributed by atoms with E-state index in [4.69, 9.17) is 25.9 Å². The fourth-order valence-corrected chi connectivity index (χ4v) is 9.62. The second-order valence-corrected chi connectivity index (χ2v) is 19.4. The van der Waals surface area contributed by atoms with Crippen molar-refractivity contribution in [3.63, 3.8) is 0 Å². The molecule has 64 heavy (non-hydrogen) atoms. The Morgan fingerprint density at radius 3 is 2.25 bits per heavy atom. The lowest BCUT2D eigenvalue weighted by molar-refractivity contribution is -0.150. The molecular formula is C49H78N6O8S. The molecule has 1 aromatic carbocycles. The fraction of sp³-hybridized carbons (Fsp3) is 0.694. The van der Waals surface area contributed by atoms with Gasteiger partial charge in [0.1, 0.15) is 10.7 Å². The van der Waals surface area contributed by atoms with E-state index in [1.807, 2.05) is 77.8 Å². The first-order chi connectivity index (χ1) is 30.3. The van der Waals surface area contributed by atoms with Crippen LogP contribution in [0.5, 0.6) is 0 Å². The van der Waals surface area contributed by atoms with E-state index in [0.717, 1.165) is 56.2 Å². The zero-order valence-corrected chi connectivity index (χ0v) is 41.1. The maximum absolute atomic E-state index is 14.7. The van der Waals surface area contributed by atoms with E-state index in [0.29, 0.717) is 37.4 Å². The normalized spacial score (nSPS) is 18.8. The highest BCUT2D eigenvalue weighted by Crippen LogP contribution is 2.35. The summed E-state index contributed by atoms with van der Waals surface area (Å²) in [6.45, 7) is 16.9. The number of unbranched alkanes of at least 4 members (excludes halogenated alkanes) is 1. The summed E-state index contributed by atoms with van der Waals surface area (Å²) in [7, 11) is 3.32. The second-order valence-electron chi connectivity index (χ2n) is 18.5. The monoisotopic (exact) mass is 911 g/mol. The number of hydrogen-bond donors (Lipinski definition) is 3. The Hall–Kier alpha value is -4.05. The lowest BCUT2D eigenvalue weighted by Crippen LogP contribution is -2.55. The van der Waals surface area contributed by atoms with E-state index >= 15 is 0 Å². The third-order valence-electron chi connectivity index (χ3n) is 13.3. The minimum atomic E-state index is -0.849. The molecular weight excluding hydrogens is 833 g/mol. The van der Waals surface area contributed by atoms with Crippen molar-refractivity contribution in [2.75, 3.05) is 33.8 Å². The topological polar surface area (TPSA) is 204 Å². The minimum Gasteiger partial charge on any atom is -0.469 e. The van der Waals surface area contributed by atoms with Crippen LogP contribution in [-0.2, 0) is 46.3 Å². The molecule has 1 aliphatic heterocycles. The number of likely N-dealkylation sites (tertiary alicyclic amines) is 1. The Labute approximate surface area is 386 Å². The van der Waals surface area contributed by atoms with Crippen molar-refractivity contribution in [3.05, 3.63) is 51.5 Å². The van der Waals surface area contributed by atoms with Crippen LogP contribution in [0.15, 0.2) is 29.6 Å². The first-order valence-corrected chi connectivity index (χ1v) is 24.3. The molecule has 2 amide bonds. The predicted molar refractivity (Wildman–Crippen MR) is 251 cm³/mol. The van der Waals surface area contributed by atoms with Crippen LogP contribution >= 0.6 is 11.3 Å². The summed E-state index contributed by atoms with van der Waals surface area (Å²) in [4.78, 5) is 89.1. The standard InChI is InChI=1S/C49H78N6O8S/c1-11-32(5)38(28-44(58)49(8)22-14-16-24-54(49)9)47(60)55(12-2)41(31(3)4)29-43(63-34(7)56)46-53-40(30-64-46)45(59)52-37(25-33(6)48(61)62-10)26-35-18-20-36(21-19-35)27-42(57)39(51)17-13-15-23-50/h18-21,30-33,37-39,41,43H,11-17,22-29,50-51H2,1-10H3,(H,52,59)/t32-,33-,37+,38-,39-,41+,43+,49+/m0/s1. The zero-order chi connectivity index (χ0) is 47.7. The van der Waals surface area contributed by atoms with Crippen molar-refractivity contribution in [2.24, 2.45) is 35.1 Å². The van der Waals surface area contributed by atoms with Gasteiger partial charge in [-0.25, -0.2) is 4.98 Å². The summed E-state index contributed by atoms with van der Waals surface area (Å²) in [6.07, 6.45) is 6.20. The van der Waals surface area contributed by atoms with Crippen molar-refractivity contribution >= 4 is 46.7 Å². The van der Waals surface area contributed by atoms with Crippen LogP contribution in [0.25, 0.3) is 0 Å². The Morgan fingerprint density at radius 2 is 1.67 bits per heavy atom. The molecule has 1 aliphatic rings. The van der Waals surface area contributed by atoms with E-state index < -0.39 is 53.4 Å². The summed E-state index contributed by atoms with van der Waals surface area (Å²) >= 11 is 1.20. The molecule has 5 N–H and O–H groups in total. The molecule has 14 nitrogen and oxygen atoms in total. The zero-order valence-electron chi connectivity index (χ0n) is 40.3. The molecule has 0 saturated carbocycles. The molecule has 0 aliphatic carbocycles. The van der Waals surface area contributed by atoms with Gasteiger partial charge in [0.2, 0.25) is 5.91 Å². The molecule has 1 fully saturated rings. The number of amides is 2. The van der Waals surface area contributed by atoms with Crippen molar-refractivity contribution in [2.45, 2.75) is 162 Å². The molecule has 2 aromatic rings. The largest absolute Gasteiger partial charge is 0.469 e. The molecule has 0 radical (unpaired) electrons. The van der Waals surface area contributed by atoms with E-state index in [9.17, 15) is 28.8 Å². The van der Waals surface area contributed by atoms with Gasteiger partial charge in [-0.3, -0.25) is 33.7 Å². The quantitative estimate of drug-likeness (QED) is 0.0640. The number of Topliss-reactive ketones (excluding diaryl/α,β-unsaturated/α-hetero) is 2. The fourth-order valence-electron chi connectivity index (χ4n) is 8.79. The number of thiazole rings is 1. The number of hydrogen-bond acceptors (Lipinski definition) is 13. The van der Waals surface area contributed by atoms with Gasteiger partial charge >= 0.3 is 11.9 Å².